The summed E-state index contributed by atoms with van der Waals surface area (Å²) in [5.74, 6) is -0.828. The van der Waals surface area contributed by atoms with Gasteiger partial charge in [-0.25, -0.2) is 4.79 Å². The van der Waals surface area contributed by atoms with E-state index in [4.69, 9.17) is 11.6 Å². The molecule has 0 saturated heterocycles. The van der Waals surface area contributed by atoms with Crippen LogP contribution in [0.4, 0.5) is 5.69 Å². The average molecular weight is 369 g/mol. The average Bonchev–Trinajstić information content (AvgIpc) is 2.58. The monoisotopic (exact) mass is 368 g/mol. The highest BCUT2D eigenvalue weighted by atomic mass is 35.5. The van der Waals surface area contributed by atoms with Gasteiger partial charge in [0.1, 0.15) is 0 Å². The molecule has 0 bridgehead atoms. The lowest BCUT2D eigenvalue weighted by atomic mass is 10.2. The Kier molecular flexibility index (Phi) is 8.99. The number of hydrogen-bond acceptors (Lipinski definition) is 4. The highest BCUT2D eigenvalue weighted by Gasteiger charge is 2.14. The number of methoxy groups -OCH3 is 1. The van der Waals surface area contributed by atoms with Crippen LogP contribution in [0.15, 0.2) is 18.2 Å². The molecule has 138 valence electrons. The number of ether oxygens (including phenoxy) is 1. The smallest absolute Gasteiger partial charge is 0.337 e. The molecule has 1 rings (SSSR count). The lowest BCUT2D eigenvalue weighted by molar-refractivity contribution is -0.129. The Morgan fingerprint density at radius 2 is 1.92 bits per heavy atom. The Balaban J connectivity index is 2.63. The molecule has 1 aromatic rings. The number of anilines is 1. The topological polar surface area (TPSA) is 75.7 Å². The normalized spacial score (nSPS) is 10.2. The third-order valence-corrected chi connectivity index (χ3v) is 4.08. The molecule has 0 aromatic heterocycles. The molecule has 6 nitrogen and oxygen atoms in total. The zero-order chi connectivity index (χ0) is 18.8. The summed E-state index contributed by atoms with van der Waals surface area (Å²) in [6, 6.07) is 4.52. The van der Waals surface area contributed by atoms with Crippen LogP contribution in [-0.2, 0) is 14.3 Å². The van der Waals surface area contributed by atoms with Gasteiger partial charge in [-0.2, -0.15) is 0 Å². The molecule has 0 aliphatic heterocycles. The number of carbonyl (C=O) groups excluding carboxylic acids is 3. The minimum absolute atomic E-state index is 0.0466. The van der Waals surface area contributed by atoms with Gasteiger partial charge in [-0.1, -0.05) is 31.4 Å². The maximum Gasteiger partial charge on any atom is 0.337 e. The zero-order valence-corrected chi connectivity index (χ0v) is 15.7. The van der Waals surface area contributed by atoms with E-state index < -0.39 is 5.97 Å². The third kappa shape index (κ3) is 7.13. The van der Waals surface area contributed by atoms with Crippen LogP contribution < -0.4 is 5.32 Å². The number of hydrogen-bond donors (Lipinski definition) is 1. The Morgan fingerprint density at radius 3 is 2.52 bits per heavy atom. The fraction of sp³-hybridized carbons (Fsp3) is 0.500. The minimum Gasteiger partial charge on any atom is -0.465 e. The fourth-order valence-corrected chi connectivity index (χ4v) is 2.46. The van der Waals surface area contributed by atoms with Crippen LogP contribution in [0.3, 0.4) is 0 Å². The molecule has 1 aromatic carbocycles. The van der Waals surface area contributed by atoms with E-state index in [2.05, 4.69) is 17.0 Å². The number of rotatable bonds is 9. The predicted octanol–water partition coefficient (Wildman–Crippen LogP) is 3.49. The first kappa shape index (κ1) is 21.0. The van der Waals surface area contributed by atoms with Gasteiger partial charge in [0, 0.05) is 26.4 Å². The van der Waals surface area contributed by atoms with E-state index >= 15 is 0 Å². The van der Waals surface area contributed by atoms with Crippen molar-refractivity contribution < 1.29 is 19.1 Å². The lowest BCUT2D eigenvalue weighted by Gasteiger charge is -2.20. The van der Waals surface area contributed by atoms with E-state index in [0.717, 1.165) is 19.3 Å². The summed E-state index contributed by atoms with van der Waals surface area (Å²) in [5, 5.41) is 3.00. The number of esters is 1. The summed E-state index contributed by atoms with van der Waals surface area (Å²) in [5.41, 5.74) is 0.641. The van der Waals surface area contributed by atoms with Crippen LogP contribution in [0, 0.1) is 0 Å². The van der Waals surface area contributed by atoms with Crippen LogP contribution in [0.1, 0.15) is 49.9 Å². The molecular weight excluding hydrogens is 344 g/mol. The van der Waals surface area contributed by atoms with Gasteiger partial charge in [-0.05, 0) is 24.6 Å². The van der Waals surface area contributed by atoms with Crippen molar-refractivity contribution in [1.29, 1.82) is 0 Å². The Bertz CT molecular complexity index is 619. The highest BCUT2D eigenvalue weighted by Crippen LogP contribution is 2.23. The van der Waals surface area contributed by atoms with E-state index in [-0.39, 0.29) is 18.2 Å². The van der Waals surface area contributed by atoms with Crippen LogP contribution in [0.5, 0.6) is 0 Å². The van der Waals surface area contributed by atoms with Gasteiger partial charge in [0.2, 0.25) is 11.8 Å². The van der Waals surface area contributed by atoms with Gasteiger partial charge < -0.3 is 15.0 Å². The van der Waals surface area contributed by atoms with Crippen molar-refractivity contribution in [2.75, 3.05) is 25.5 Å². The molecule has 0 aliphatic rings. The second-order valence-corrected chi connectivity index (χ2v) is 6.10. The number of unbranched alkanes of at least 4 members (excludes halogenated alkanes) is 2. The van der Waals surface area contributed by atoms with Crippen LogP contribution in [0.25, 0.3) is 0 Å². The summed E-state index contributed by atoms with van der Waals surface area (Å²) >= 11 is 6.05. The summed E-state index contributed by atoms with van der Waals surface area (Å²) in [6.45, 7) is 4.59. The van der Waals surface area contributed by atoms with Gasteiger partial charge in [0.05, 0.1) is 23.4 Å². The Labute approximate surface area is 153 Å². The van der Waals surface area contributed by atoms with Crippen LogP contribution in [0.2, 0.25) is 5.02 Å². The number of amides is 2. The molecule has 0 aliphatic carbocycles. The van der Waals surface area contributed by atoms with Crippen molar-refractivity contribution in [1.82, 2.24) is 4.90 Å². The molecule has 0 saturated carbocycles. The molecule has 0 spiro atoms. The number of benzene rings is 1. The molecule has 0 atom stereocenters. The first-order valence-corrected chi connectivity index (χ1v) is 8.70. The fourth-order valence-electron chi connectivity index (χ4n) is 2.29. The maximum absolute atomic E-state index is 12.1. The van der Waals surface area contributed by atoms with Crippen molar-refractivity contribution >= 4 is 35.1 Å². The molecule has 25 heavy (non-hydrogen) atoms. The van der Waals surface area contributed by atoms with Gasteiger partial charge in [0.15, 0.2) is 0 Å². The van der Waals surface area contributed by atoms with E-state index in [1.54, 1.807) is 4.90 Å². The van der Waals surface area contributed by atoms with Gasteiger partial charge in [0.25, 0.3) is 0 Å². The number of carbonyl (C=O) groups is 3. The van der Waals surface area contributed by atoms with Crippen molar-refractivity contribution in [3.63, 3.8) is 0 Å². The molecule has 2 amide bonds. The predicted molar refractivity (Wildman–Crippen MR) is 97.8 cm³/mol. The Morgan fingerprint density at radius 1 is 1.20 bits per heavy atom. The maximum atomic E-state index is 12.1. The standard InChI is InChI=1S/C18H25ClN2O4/c1-4-5-6-10-21(13(2)22)11-9-17(23)20-16-12-14(18(24)25-3)7-8-15(16)19/h7-8,12H,4-6,9-11H2,1-3H3,(H,20,23). The van der Waals surface area contributed by atoms with Crippen molar-refractivity contribution in [3.05, 3.63) is 28.8 Å². The van der Waals surface area contributed by atoms with E-state index in [0.29, 0.717) is 29.4 Å². The first-order chi connectivity index (χ1) is 11.9. The lowest BCUT2D eigenvalue weighted by Crippen LogP contribution is -2.33. The summed E-state index contributed by atoms with van der Waals surface area (Å²) in [6.07, 6.45) is 3.20. The zero-order valence-electron chi connectivity index (χ0n) is 14.9. The van der Waals surface area contributed by atoms with Crippen molar-refractivity contribution in [3.8, 4) is 0 Å². The van der Waals surface area contributed by atoms with Crippen molar-refractivity contribution in [2.45, 2.75) is 39.5 Å². The van der Waals surface area contributed by atoms with E-state index in [9.17, 15) is 14.4 Å². The molecule has 0 radical (unpaired) electrons. The molecule has 0 fully saturated rings. The van der Waals surface area contributed by atoms with Crippen LogP contribution >= 0.6 is 11.6 Å². The van der Waals surface area contributed by atoms with Gasteiger partial charge >= 0.3 is 5.97 Å². The summed E-state index contributed by atoms with van der Waals surface area (Å²) in [7, 11) is 1.28. The minimum atomic E-state index is -0.508. The molecule has 0 heterocycles. The SMILES string of the molecule is CCCCCN(CCC(=O)Nc1cc(C(=O)OC)ccc1Cl)C(C)=O. The van der Waals surface area contributed by atoms with Crippen molar-refractivity contribution in [2.24, 2.45) is 0 Å². The number of nitrogens with zero attached hydrogens (tertiary/aromatic N) is 1. The molecule has 0 unspecified atom stereocenters. The molecule has 7 heteroatoms. The first-order valence-electron chi connectivity index (χ1n) is 8.32. The number of halogens is 1. The second-order valence-electron chi connectivity index (χ2n) is 5.70. The van der Waals surface area contributed by atoms with Crippen LogP contribution in [-0.4, -0.2) is 42.9 Å². The number of nitrogens with one attached hydrogen (secondary N) is 1. The second kappa shape index (κ2) is 10.7. The summed E-state index contributed by atoms with van der Waals surface area (Å²) < 4.78 is 4.65. The van der Waals surface area contributed by atoms with E-state index in [1.807, 2.05) is 0 Å². The quantitative estimate of drug-likeness (QED) is 0.534. The molecule has 1 N–H and O–H groups in total. The highest BCUT2D eigenvalue weighted by molar-refractivity contribution is 6.33. The van der Waals surface area contributed by atoms with E-state index in [1.165, 1.54) is 32.2 Å². The van der Waals surface area contributed by atoms with Gasteiger partial charge in [-0.15, -0.1) is 0 Å². The largest absolute Gasteiger partial charge is 0.465 e. The van der Waals surface area contributed by atoms with Gasteiger partial charge in [-0.3, -0.25) is 9.59 Å². The molecular formula is C18H25ClN2O4. The third-order valence-electron chi connectivity index (χ3n) is 3.75. The Hall–Kier alpha value is -2.08. The summed E-state index contributed by atoms with van der Waals surface area (Å²) in [4.78, 5) is 37.0.